The van der Waals surface area contributed by atoms with Crippen LogP contribution in [0.1, 0.15) is 45.2 Å². The van der Waals surface area contributed by atoms with Crippen LogP contribution in [0.15, 0.2) is 23.6 Å². The fourth-order valence-electron chi connectivity index (χ4n) is 2.90. The number of fused-ring (bicyclic) bond motifs is 1. The number of thiophene rings is 1. The molecule has 0 saturated heterocycles. The van der Waals surface area contributed by atoms with Gasteiger partial charge in [0.05, 0.1) is 11.6 Å². The zero-order chi connectivity index (χ0) is 15.0. The number of benzene rings is 1. The topological polar surface area (TPSA) is 75.3 Å². The molecule has 21 heavy (non-hydrogen) atoms. The molecule has 4 nitrogen and oxygen atoms in total. The Morgan fingerprint density at radius 3 is 3.05 bits per heavy atom. The van der Waals surface area contributed by atoms with Crippen molar-refractivity contribution < 1.29 is 9.90 Å². The van der Waals surface area contributed by atoms with Crippen LogP contribution in [0.25, 0.3) is 0 Å². The zero-order valence-corrected chi connectivity index (χ0v) is 12.7. The summed E-state index contributed by atoms with van der Waals surface area (Å²) in [5, 5.41) is 14.8. The maximum absolute atomic E-state index is 11.3. The maximum atomic E-state index is 11.3. The second-order valence-electron chi connectivity index (χ2n) is 5.45. The van der Waals surface area contributed by atoms with Gasteiger partial charge < -0.3 is 16.2 Å². The van der Waals surface area contributed by atoms with Gasteiger partial charge in [-0.25, -0.2) is 4.79 Å². The Kier molecular flexibility index (Phi) is 3.59. The molecule has 0 aliphatic heterocycles. The molecule has 1 unspecified atom stereocenters. The van der Waals surface area contributed by atoms with Gasteiger partial charge in [0, 0.05) is 16.3 Å². The van der Waals surface area contributed by atoms with Crippen molar-refractivity contribution in [1.29, 1.82) is 0 Å². The average molecular weight is 302 g/mol. The van der Waals surface area contributed by atoms with Crippen LogP contribution in [0.3, 0.4) is 0 Å². The van der Waals surface area contributed by atoms with Crippen molar-refractivity contribution in [3.63, 3.8) is 0 Å². The highest BCUT2D eigenvalue weighted by Gasteiger charge is 2.22. The van der Waals surface area contributed by atoms with Crippen LogP contribution in [0.5, 0.6) is 0 Å². The quantitative estimate of drug-likeness (QED) is 0.753. The van der Waals surface area contributed by atoms with E-state index in [0.717, 1.165) is 30.5 Å². The largest absolute Gasteiger partial charge is 0.478 e. The number of aryl methyl sites for hydroxylation is 2. The summed E-state index contributed by atoms with van der Waals surface area (Å²) in [6.07, 6.45) is 3.37. The number of nitrogens with one attached hydrogen (secondary N) is 1. The Bertz CT molecular complexity index is 694. The van der Waals surface area contributed by atoms with E-state index in [4.69, 9.17) is 5.73 Å². The molecule has 1 aliphatic rings. The van der Waals surface area contributed by atoms with Gasteiger partial charge in [-0.1, -0.05) is 0 Å². The van der Waals surface area contributed by atoms with Crippen LogP contribution in [0.2, 0.25) is 0 Å². The van der Waals surface area contributed by atoms with Gasteiger partial charge in [-0.2, -0.15) is 0 Å². The summed E-state index contributed by atoms with van der Waals surface area (Å²) in [6.45, 7) is 1.84. The van der Waals surface area contributed by atoms with Crippen molar-refractivity contribution in [3.05, 3.63) is 45.1 Å². The normalized spacial score (nSPS) is 17.3. The lowest BCUT2D eigenvalue weighted by Gasteiger charge is -2.25. The summed E-state index contributed by atoms with van der Waals surface area (Å²) in [4.78, 5) is 12.7. The predicted octanol–water partition coefficient (Wildman–Crippen LogP) is 3.83. The smallest absolute Gasteiger partial charge is 0.337 e. The number of carbonyl (C=O) groups is 1. The minimum atomic E-state index is -0.987. The number of nitrogens with two attached hydrogens (primary N) is 1. The van der Waals surface area contributed by atoms with Crippen LogP contribution >= 0.6 is 11.3 Å². The fraction of sp³-hybridized carbons (Fsp3) is 0.312. The number of anilines is 2. The van der Waals surface area contributed by atoms with Crippen LogP contribution in [0.4, 0.5) is 11.4 Å². The van der Waals surface area contributed by atoms with Crippen molar-refractivity contribution in [2.24, 2.45) is 0 Å². The molecule has 2 aromatic rings. The molecule has 5 heteroatoms. The average Bonchev–Trinajstić information content (AvgIpc) is 2.91. The maximum Gasteiger partial charge on any atom is 0.337 e. The molecule has 0 radical (unpaired) electrons. The van der Waals surface area contributed by atoms with Crippen LogP contribution in [-0.2, 0) is 6.42 Å². The first-order valence-corrected chi connectivity index (χ1v) is 7.90. The van der Waals surface area contributed by atoms with Gasteiger partial charge in [-0.05, 0) is 60.9 Å². The first-order chi connectivity index (χ1) is 10.1. The third kappa shape index (κ3) is 2.61. The highest BCUT2D eigenvalue weighted by Crippen LogP contribution is 2.36. The Morgan fingerprint density at radius 2 is 2.29 bits per heavy atom. The standard InChI is InChI=1S/C16H18N2O2S/c1-9-7-10(8-12(15(9)17)16(19)20)18-13-3-2-4-14-11(13)5-6-21-14/h5-8,13,18H,2-4,17H2,1H3,(H,19,20). The molecule has 1 aromatic carbocycles. The van der Waals surface area contributed by atoms with Crippen LogP contribution < -0.4 is 11.1 Å². The van der Waals surface area contributed by atoms with Crippen molar-refractivity contribution in [2.75, 3.05) is 11.1 Å². The van der Waals surface area contributed by atoms with Gasteiger partial charge in [0.25, 0.3) is 0 Å². The molecule has 0 saturated carbocycles. The Hall–Kier alpha value is -2.01. The van der Waals surface area contributed by atoms with Crippen LogP contribution in [0, 0.1) is 6.92 Å². The lowest BCUT2D eigenvalue weighted by molar-refractivity contribution is 0.0698. The first-order valence-electron chi connectivity index (χ1n) is 7.02. The zero-order valence-electron chi connectivity index (χ0n) is 11.8. The summed E-state index contributed by atoms with van der Waals surface area (Å²) in [5.74, 6) is -0.987. The number of carboxylic acids is 1. The summed E-state index contributed by atoms with van der Waals surface area (Å²) in [6, 6.07) is 5.97. The lowest BCUT2D eigenvalue weighted by atomic mass is 9.93. The molecule has 1 aromatic heterocycles. The minimum Gasteiger partial charge on any atom is -0.478 e. The van der Waals surface area contributed by atoms with E-state index >= 15 is 0 Å². The molecule has 110 valence electrons. The molecule has 0 amide bonds. The Balaban J connectivity index is 1.92. The third-order valence-corrected chi connectivity index (χ3v) is 5.01. The molecule has 3 rings (SSSR count). The third-order valence-electron chi connectivity index (χ3n) is 4.01. The first kappa shape index (κ1) is 13.9. The van der Waals surface area contributed by atoms with Crippen molar-refractivity contribution in [3.8, 4) is 0 Å². The van der Waals surface area contributed by atoms with Gasteiger partial charge >= 0.3 is 5.97 Å². The van der Waals surface area contributed by atoms with E-state index in [0.29, 0.717) is 5.69 Å². The number of carboxylic acid groups (broad SMARTS) is 1. The highest BCUT2D eigenvalue weighted by molar-refractivity contribution is 7.10. The Labute approximate surface area is 127 Å². The second-order valence-corrected chi connectivity index (χ2v) is 6.45. The summed E-state index contributed by atoms with van der Waals surface area (Å²) in [7, 11) is 0. The van der Waals surface area contributed by atoms with E-state index in [1.807, 2.05) is 13.0 Å². The summed E-state index contributed by atoms with van der Waals surface area (Å²) < 4.78 is 0. The summed E-state index contributed by atoms with van der Waals surface area (Å²) >= 11 is 1.80. The van der Waals surface area contributed by atoms with E-state index in [1.54, 1.807) is 17.4 Å². The molecular formula is C16H18N2O2S. The number of nitrogen functional groups attached to an aromatic ring is 1. The van der Waals surface area contributed by atoms with Gasteiger partial charge in [-0.3, -0.25) is 0 Å². The number of aromatic carboxylic acids is 1. The van der Waals surface area contributed by atoms with Crippen molar-refractivity contribution in [1.82, 2.24) is 0 Å². The van der Waals surface area contributed by atoms with Crippen molar-refractivity contribution >= 4 is 28.7 Å². The molecule has 1 heterocycles. The van der Waals surface area contributed by atoms with Gasteiger partial charge in [0.15, 0.2) is 0 Å². The van der Waals surface area contributed by atoms with Gasteiger partial charge in [0.2, 0.25) is 0 Å². The SMILES string of the molecule is Cc1cc(NC2CCCc3sccc32)cc(C(=O)O)c1N. The van der Waals surface area contributed by atoms with Crippen molar-refractivity contribution in [2.45, 2.75) is 32.2 Å². The van der Waals surface area contributed by atoms with Gasteiger partial charge in [0.1, 0.15) is 0 Å². The highest BCUT2D eigenvalue weighted by atomic mass is 32.1. The lowest BCUT2D eigenvalue weighted by Crippen LogP contribution is -2.16. The molecule has 0 fully saturated rings. The van der Waals surface area contributed by atoms with E-state index in [-0.39, 0.29) is 11.6 Å². The molecule has 1 atom stereocenters. The van der Waals surface area contributed by atoms with Crippen LogP contribution in [-0.4, -0.2) is 11.1 Å². The Morgan fingerprint density at radius 1 is 1.48 bits per heavy atom. The monoisotopic (exact) mass is 302 g/mol. The van der Waals surface area contributed by atoms with E-state index in [1.165, 1.54) is 10.4 Å². The minimum absolute atomic E-state index is 0.166. The van der Waals surface area contributed by atoms with E-state index in [9.17, 15) is 9.90 Å². The van der Waals surface area contributed by atoms with E-state index in [2.05, 4.69) is 16.8 Å². The fourth-order valence-corrected chi connectivity index (χ4v) is 3.88. The van der Waals surface area contributed by atoms with E-state index < -0.39 is 5.97 Å². The molecule has 0 bridgehead atoms. The molecular weight excluding hydrogens is 284 g/mol. The predicted molar refractivity (Wildman–Crippen MR) is 86.2 cm³/mol. The molecule has 1 aliphatic carbocycles. The molecule has 4 N–H and O–H groups in total. The number of hydrogen-bond donors (Lipinski definition) is 3. The number of hydrogen-bond acceptors (Lipinski definition) is 4. The number of rotatable bonds is 3. The summed E-state index contributed by atoms with van der Waals surface area (Å²) in [5.41, 5.74) is 9.30. The molecule has 0 spiro atoms. The van der Waals surface area contributed by atoms with Gasteiger partial charge in [-0.15, -0.1) is 11.3 Å². The second kappa shape index (κ2) is 5.41.